The molecule has 244 valence electrons. The van der Waals surface area contributed by atoms with E-state index < -0.39 is 26.7 Å². The van der Waals surface area contributed by atoms with E-state index in [9.17, 15) is 28.0 Å². The molecule has 5 aromatic rings. The highest BCUT2D eigenvalue weighted by molar-refractivity contribution is 7.94. The molecule has 0 saturated carbocycles. The number of rotatable bonds is 12. The topological polar surface area (TPSA) is 206 Å². The van der Waals surface area contributed by atoms with Crippen molar-refractivity contribution in [1.29, 1.82) is 0 Å². The zero-order chi connectivity index (χ0) is 33.7. The summed E-state index contributed by atoms with van der Waals surface area (Å²) in [7, 11) is -4.69. The van der Waals surface area contributed by atoms with E-state index in [1.165, 1.54) is 13.0 Å². The highest BCUT2D eigenvalue weighted by Crippen LogP contribution is 2.47. The Morgan fingerprint density at radius 2 is 1.62 bits per heavy atom. The van der Waals surface area contributed by atoms with Crippen molar-refractivity contribution in [2.75, 3.05) is 18.5 Å². The molecule has 5 N–H and O–H groups in total. The lowest BCUT2D eigenvalue weighted by molar-refractivity contribution is -0.432. The number of phenolic OH excluding ortho intramolecular Hbond substituents is 2. The van der Waals surface area contributed by atoms with E-state index >= 15 is 0 Å². The largest absolute Gasteiger partial charge is 0.507 e. The Balaban J connectivity index is 1.34. The van der Waals surface area contributed by atoms with Gasteiger partial charge in [-0.25, -0.2) is 5.26 Å². The highest BCUT2D eigenvalue weighted by Gasteiger charge is 2.22. The number of hydrogen-bond donors (Lipinski definition) is 5. The third-order valence-corrected chi connectivity index (χ3v) is 8.22. The Morgan fingerprint density at radius 1 is 0.915 bits per heavy atom. The van der Waals surface area contributed by atoms with Gasteiger partial charge in [0.05, 0.1) is 33.2 Å². The Labute approximate surface area is 272 Å². The second kappa shape index (κ2) is 14.2. The zero-order valence-electron chi connectivity index (χ0n) is 24.7. The SMILES string of the molecule is CC(=O)Nc1cc(S(=O)(=O)O)cc2cc(SOOO)c(N=Nc3ccc(OCCOc4cc(C)c(O)c5ccccc45)cc3)c(O)c12. The van der Waals surface area contributed by atoms with Crippen molar-refractivity contribution in [3.05, 3.63) is 78.4 Å². The van der Waals surface area contributed by atoms with Crippen LogP contribution in [-0.2, 0) is 24.3 Å². The van der Waals surface area contributed by atoms with E-state index in [0.29, 0.717) is 40.2 Å². The summed E-state index contributed by atoms with van der Waals surface area (Å²) in [5, 5.41) is 46.1. The summed E-state index contributed by atoms with van der Waals surface area (Å²) in [6, 6.07) is 19.1. The van der Waals surface area contributed by atoms with Gasteiger partial charge in [0.25, 0.3) is 10.1 Å². The van der Waals surface area contributed by atoms with Gasteiger partial charge in [0, 0.05) is 23.1 Å². The van der Waals surface area contributed by atoms with Crippen LogP contribution in [0.25, 0.3) is 21.5 Å². The molecule has 0 bridgehead atoms. The van der Waals surface area contributed by atoms with E-state index in [0.717, 1.165) is 17.5 Å². The first-order valence-corrected chi connectivity index (χ1v) is 15.9. The van der Waals surface area contributed by atoms with Crippen molar-refractivity contribution in [2.45, 2.75) is 23.6 Å². The number of amides is 1. The quantitative estimate of drug-likeness (QED) is 0.0221. The Bertz CT molecular complexity index is 2110. The normalized spacial score (nSPS) is 11.7. The van der Waals surface area contributed by atoms with Gasteiger partial charge in [-0.05, 0) is 66.4 Å². The number of aryl methyl sites for hydroxylation is 1. The minimum Gasteiger partial charge on any atom is -0.507 e. The van der Waals surface area contributed by atoms with Gasteiger partial charge in [0.1, 0.15) is 36.1 Å². The summed E-state index contributed by atoms with van der Waals surface area (Å²) in [5.41, 5.74) is 0.769. The fourth-order valence-corrected chi connectivity index (χ4v) is 5.75. The molecule has 16 heteroatoms. The van der Waals surface area contributed by atoms with Gasteiger partial charge in [-0.3, -0.25) is 9.35 Å². The summed E-state index contributed by atoms with van der Waals surface area (Å²) in [5.74, 6) is 0.270. The average molecular weight is 682 g/mol. The van der Waals surface area contributed by atoms with Gasteiger partial charge < -0.3 is 25.0 Å². The molecule has 0 aromatic heterocycles. The second-order valence-electron chi connectivity index (χ2n) is 10.00. The molecule has 0 heterocycles. The number of nitrogens with one attached hydrogen (secondary N) is 1. The van der Waals surface area contributed by atoms with Gasteiger partial charge in [-0.2, -0.15) is 13.5 Å². The lowest BCUT2D eigenvalue weighted by Gasteiger charge is -2.14. The third-order valence-electron chi connectivity index (χ3n) is 6.77. The van der Waals surface area contributed by atoms with Crippen molar-refractivity contribution in [3.8, 4) is 23.0 Å². The maximum absolute atomic E-state index is 11.8. The fourth-order valence-electron chi connectivity index (χ4n) is 4.72. The summed E-state index contributed by atoms with van der Waals surface area (Å²) in [6.07, 6.45) is 0. The number of hydrogen-bond acceptors (Lipinski definition) is 13. The fraction of sp³-hybridized carbons (Fsp3) is 0.129. The van der Waals surface area contributed by atoms with Crippen molar-refractivity contribution in [1.82, 2.24) is 0 Å². The van der Waals surface area contributed by atoms with E-state index in [4.69, 9.17) is 14.7 Å². The van der Waals surface area contributed by atoms with Crippen LogP contribution in [0.2, 0.25) is 0 Å². The molecule has 0 saturated heterocycles. The summed E-state index contributed by atoms with van der Waals surface area (Å²) in [6.45, 7) is 3.44. The molecule has 0 aliphatic carbocycles. The van der Waals surface area contributed by atoms with Crippen LogP contribution in [0.3, 0.4) is 0 Å². The molecule has 5 aromatic carbocycles. The molecule has 0 unspecified atom stereocenters. The molecule has 47 heavy (non-hydrogen) atoms. The predicted molar refractivity (Wildman–Crippen MR) is 172 cm³/mol. The predicted octanol–water partition coefficient (Wildman–Crippen LogP) is 7.22. The van der Waals surface area contributed by atoms with Crippen molar-refractivity contribution in [2.24, 2.45) is 10.2 Å². The van der Waals surface area contributed by atoms with Crippen LogP contribution in [0.1, 0.15) is 12.5 Å². The van der Waals surface area contributed by atoms with Gasteiger partial charge in [0.2, 0.25) is 5.91 Å². The molecule has 0 radical (unpaired) electrons. The lowest BCUT2D eigenvalue weighted by Crippen LogP contribution is -2.09. The molecule has 0 atom stereocenters. The van der Waals surface area contributed by atoms with Gasteiger partial charge in [0.15, 0.2) is 5.75 Å². The number of azo groups is 1. The molecule has 0 spiro atoms. The minimum absolute atomic E-state index is 0.00255. The number of carbonyl (C=O) groups excluding carboxylic acids is 1. The Hall–Kier alpha value is -4.97. The van der Waals surface area contributed by atoms with Crippen LogP contribution in [0.15, 0.2) is 92.8 Å². The summed E-state index contributed by atoms with van der Waals surface area (Å²) >= 11 is 0.429. The maximum Gasteiger partial charge on any atom is 0.294 e. The minimum atomic E-state index is -4.69. The Kier molecular flexibility index (Phi) is 10.1. The van der Waals surface area contributed by atoms with Gasteiger partial charge >= 0.3 is 0 Å². The number of phenols is 2. The number of nitrogens with zero attached hydrogens (tertiary/aromatic N) is 2. The van der Waals surface area contributed by atoms with Crippen molar-refractivity contribution >= 4 is 66.7 Å². The van der Waals surface area contributed by atoms with Crippen LogP contribution in [-0.4, -0.2) is 47.6 Å². The highest BCUT2D eigenvalue weighted by atomic mass is 32.2. The van der Waals surface area contributed by atoms with Crippen LogP contribution < -0.4 is 14.8 Å². The number of ether oxygens (including phenoxy) is 2. The zero-order valence-corrected chi connectivity index (χ0v) is 26.3. The van der Waals surface area contributed by atoms with E-state index in [2.05, 4.69) is 24.9 Å². The lowest BCUT2D eigenvalue weighted by atomic mass is 10.1. The van der Waals surface area contributed by atoms with E-state index in [1.807, 2.05) is 24.3 Å². The molecule has 5 rings (SSSR count). The summed E-state index contributed by atoms with van der Waals surface area (Å²) < 4.78 is 49.5. The Morgan fingerprint density at radius 3 is 2.30 bits per heavy atom. The van der Waals surface area contributed by atoms with Crippen molar-refractivity contribution < 1.29 is 52.1 Å². The number of anilines is 1. The smallest absolute Gasteiger partial charge is 0.294 e. The van der Waals surface area contributed by atoms with Crippen LogP contribution in [0.4, 0.5) is 17.1 Å². The first-order valence-electron chi connectivity index (χ1n) is 13.7. The number of benzene rings is 5. The summed E-state index contributed by atoms with van der Waals surface area (Å²) in [4.78, 5) is 11.3. The molecule has 14 nitrogen and oxygen atoms in total. The van der Waals surface area contributed by atoms with E-state index in [1.54, 1.807) is 37.3 Å². The van der Waals surface area contributed by atoms with Crippen LogP contribution >= 0.6 is 12.0 Å². The first-order chi connectivity index (χ1) is 22.5. The second-order valence-corrected chi connectivity index (χ2v) is 12.2. The number of carbonyl (C=O) groups is 1. The maximum atomic E-state index is 11.8. The molecule has 0 aliphatic heterocycles. The molecule has 0 aliphatic rings. The first kappa shape index (κ1) is 33.4. The van der Waals surface area contributed by atoms with Crippen LogP contribution in [0.5, 0.6) is 23.0 Å². The van der Waals surface area contributed by atoms with Crippen molar-refractivity contribution in [3.63, 3.8) is 0 Å². The third kappa shape index (κ3) is 7.71. The van der Waals surface area contributed by atoms with Gasteiger partial charge in [-0.15, -0.1) is 9.45 Å². The number of fused-ring (bicyclic) bond motifs is 2. The molecular weight excluding hydrogens is 654 g/mol. The monoisotopic (exact) mass is 681 g/mol. The molecule has 0 fully saturated rings. The molecule has 1 amide bonds. The van der Waals surface area contributed by atoms with Gasteiger partial charge in [-0.1, -0.05) is 29.3 Å². The average Bonchev–Trinajstić information content (AvgIpc) is 3.03. The number of aromatic hydroxyl groups is 2. The van der Waals surface area contributed by atoms with E-state index in [-0.39, 0.29) is 46.0 Å². The van der Waals surface area contributed by atoms with Crippen LogP contribution in [0, 0.1) is 6.92 Å². The standard InChI is InChI=1S/C31H27N3O11S2/c1-17-13-26(23-5-3-4-6-24(23)30(17)36)43-12-11-42-21-9-7-20(8-10-21)33-34-29-27(46-45-44-38)15-19-14-22(47(39,40)41)16-25(32-18(2)35)28(19)31(29)37/h3-10,13-16,36-38H,11-12H2,1-2H3,(H,32,35)(H,39,40,41). The molecular formula is C31H27N3O11S2.